The van der Waals surface area contributed by atoms with E-state index in [2.05, 4.69) is 85.5 Å². The molecule has 1 aliphatic rings. The molecular formula is C39H40N2O2. The number of aromatic nitrogens is 1. The van der Waals surface area contributed by atoms with Crippen LogP contribution in [-0.2, 0) is 6.42 Å². The molecule has 0 N–H and O–H groups in total. The van der Waals surface area contributed by atoms with E-state index in [-0.39, 0.29) is 23.2 Å². The number of hydrogen-bond donors (Lipinski definition) is 0. The van der Waals surface area contributed by atoms with Gasteiger partial charge in [0.2, 0.25) is 0 Å². The predicted molar refractivity (Wildman–Crippen MR) is 175 cm³/mol. The maximum atomic E-state index is 13.5. The van der Waals surface area contributed by atoms with Crippen molar-refractivity contribution < 1.29 is 4.79 Å². The molecule has 3 heterocycles. The van der Waals surface area contributed by atoms with Gasteiger partial charge in [0.1, 0.15) is 0 Å². The quantitative estimate of drug-likeness (QED) is 0.143. The number of ketones is 1. The van der Waals surface area contributed by atoms with Gasteiger partial charge in [-0.15, -0.1) is 0 Å². The molecule has 0 unspecified atom stereocenters. The van der Waals surface area contributed by atoms with E-state index in [4.69, 9.17) is 0 Å². The molecule has 4 heteroatoms. The van der Waals surface area contributed by atoms with E-state index in [0.29, 0.717) is 0 Å². The Morgan fingerprint density at radius 3 is 1.91 bits per heavy atom. The minimum Gasteiger partial charge on any atom is -0.303 e. The molecule has 43 heavy (non-hydrogen) atoms. The number of carbonyl (C=O) groups is 1. The summed E-state index contributed by atoms with van der Waals surface area (Å²) in [7, 11) is 0. The van der Waals surface area contributed by atoms with Crippen LogP contribution in [0.4, 0.5) is 0 Å². The summed E-state index contributed by atoms with van der Waals surface area (Å²) in [5.74, 6) is 0.407. The van der Waals surface area contributed by atoms with Crippen LogP contribution in [-0.4, -0.2) is 34.7 Å². The summed E-state index contributed by atoms with van der Waals surface area (Å²) in [4.78, 5) is 29.0. The second-order valence-corrected chi connectivity index (χ2v) is 12.2. The molecular weight excluding hydrogens is 528 g/mol. The normalized spacial score (nSPS) is 14.4. The molecule has 2 aromatic heterocycles. The lowest BCUT2D eigenvalue weighted by molar-refractivity contribution is 0.0841. The average Bonchev–Trinajstić information content (AvgIpc) is 3.03. The summed E-state index contributed by atoms with van der Waals surface area (Å²) < 4.78 is 1.74. The highest BCUT2D eigenvalue weighted by atomic mass is 16.1. The Labute approximate surface area is 254 Å². The Kier molecular flexibility index (Phi) is 8.40. The number of Topliss-reactive ketones (excluding diaryl/α,β-unsaturated/α-hetero) is 1. The molecule has 0 aliphatic carbocycles. The lowest BCUT2D eigenvalue weighted by Crippen LogP contribution is -2.38. The van der Waals surface area contributed by atoms with Gasteiger partial charge in [0, 0.05) is 41.2 Å². The number of pyridine rings is 2. The zero-order chi connectivity index (χ0) is 29.9. The van der Waals surface area contributed by atoms with E-state index < -0.39 is 0 Å². The maximum absolute atomic E-state index is 13.5. The molecule has 6 rings (SSSR count). The molecule has 0 bridgehead atoms. The van der Waals surface area contributed by atoms with Gasteiger partial charge in [-0.05, 0) is 93.6 Å². The second kappa shape index (κ2) is 12.5. The number of nitrogens with zero attached hydrogens (tertiary/aromatic N) is 2. The minimum absolute atomic E-state index is 0.0418. The second-order valence-electron chi connectivity index (χ2n) is 12.2. The first kappa shape index (κ1) is 28.8. The van der Waals surface area contributed by atoms with Crippen LogP contribution < -0.4 is 5.56 Å². The molecule has 218 valence electrons. The number of benzene rings is 3. The van der Waals surface area contributed by atoms with Crippen molar-refractivity contribution in [1.29, 1.82) is 0 Å². The fraction of sp³-hybridized carbons (Fsp3) is 0.282. The SMILES string of the molecule is Cc1ccc(C(c2ccc(C)cc2)c2ccc(C(=O)C3CCN(CCc4c(C)cc5ccccn5c4=O)CC3)cc2)cc1. The molecule has 5 aromatic rings. The van der Waals surface area contributed by atoms with E-state index in [9.17, 15) is 9.59 Å². The van der Waals surface area contributed by atoms with E-state index in [1.165, 1.54) is 27.8 Å². The zero-order valence-corrected chi connectivity index (χ0v) is 25.4. The fourth-order valence-electron chi connectivity index (χ4n) is 6.55. The van der Waals surface area contributed by atoms with Crippen LogP contribution in [0, 0.1) is 26.7 Å². The summed E-state index contributed by atoms with van der Waals surface area (Å²) in [5, 5.41) is 0. The molecule has 1 aliphatic heterocycles. The van der Waals surface area contributed by atoms with Crippen LogP contribution in [0.3, 0.4) is 0 Å². The van der Waals surface area contributed by atoms with Gasteiger partial charge in [-0.25, -0.2) is 0 Å². The molecule has 0 amide bonds. The maximum Gasteiger partial charge on any atom is 0.258 e. The predicted octanol–water partition coefficient (Wildman–Crippen LogP) is 7.54. The van der Waals surface area contributed by atoms with E-state index in [0.717, 1.165) is 61.1 Å². The van der Waals surface area contributed by atoms with Crippen LogP contribution in [0.5, 0.6) is 0 Å². The number of rotatable bonds is 8. The Morgan fingerprint density at radius 1 is 0.767 bits per heavy atom. The van der Waals surface area contributed by atoms with Crippen LogP contribution in [0.15, 0.2) is 108 Å². The smallest absolute Gasteiger partial charge is 0.258 e. The molecule has 3 aromatic carbocycles. The number of fused-ring (bicyclic) bond motifs is 1. The Balaban J connectivity index is 1.11. The van der Waals surface area contributed by atoms with E-state index in [1.807, 2.05) is 43.5 Å². The van der Waals surface area contributed by atoms with Crippen LogP contribution >= 0.6 is 0 Å². The van der Waals surface area contributed by atoms with Gasteiger partial charge in [-0.2, -0.15) is 0 Å². The van der Waals surface area contributed by atoms with Gasteiger partial charge < -0.3 is 4.90 Å². The topological polar surface area (TPSA) is 41.8 Å². The number of likely N-dealkylation sites (tertiary alicyclic amines) is 1. The van der Waals surface area contributed by atoms with Gasteiger partial charge in [0.15, 0.2) is 5.78 Å². The van der Waals surface area contributed by atoms with Gasteiger partial charge in [-0.1, -0.05) is 90.0 Å². The van der Waals surface area contributed by atoms with Crippen molar-refractivity contribution >= 4 is 11.3 Å². The van der Waals surface area contributed by atoms with Gasteiger partial charge in [0.05, 0.1) is 0 Å². The first-order chi connectivity index (χ1) is 20.9. The van der Waals surface area contributed by atoms with E-state index >= 15 is 0 Å². The fourth-order valence-corrected chi connectivity index (χ4v) is 6.55. The lowest BCUT2D eigenvalue weighted by Gasteiger charge is -2.31. The van der Waals surface area contributed by atoms with Crippen molar-refractivity contribution in [3.63, 3.8) is 0 Å². The van der Waals surface area contributed by atoms with Gasteiger partial charge in [0.25, 0.3) is 5.56 Å². The molecule has 1 saturated heterocycles. The largest absolute Gasteiger partial charge is 0.303 e. The van der Waals surface area contributed by atoms with Gasteiger partial charge >= 0.3 is 0 Å². The molecule has 0 spiro atoms. The zero-order valence-electron chi connectivity index (χ0n) is 25.4. The Hall–Kier alpha value is -4.28. The molecule has 0 saturated carbocycles. The third-order valence-corrected chi connectivity index (χ3v) is 9.20. The highest BCUT2D eigenvalue weighted by Gasteiger charge is 2.26. The summed E-state index contributed by atoms with van der Waals surface area (Å²) in [5.41, 5.74) is 9.94. The standard InChI is InChI=1S/C39H40N2O2/c1-27-7-11-30(12-8-27)37(31-13-9-28(2)10-14-31)32-15-17-33(18-16-32)38(42)34-19-23-40(24-20-34)25-21-36-29(3)26-35-6-4-5-22-41(35)39(36)43/h4-18,22,26,34,37H,19-21,23-25H2,1-3H3. The van der Waals surface area contributed by atoms with Crippen molar-refractivity contribution in [2.24, 2.45) is 5.92 Å². The van der Waals surface area contributed by atoms with Crippen LogP contribution in [0.2, 0.25) is 0 Å². The number of hydrogen-bond acceptors (Lipinski definition) is 3. The van der Waals surface area contributed by atoms with Crippen molar-refractivity contribution in [2.45, 2.75) is 46.0 Å². The van der Waals surface area contributed by atoms with Crippen molar-refractivity contribution in [1.82, 2.24) is 9.30 Å². The van der Waals surface area contributed by atoms with Crippen molar-refractivity contribution in [3.8, 4) is 0 Å². The molecule has 0 radical (unpaired) electrons. The van der Waals surface area contributed by atoms with Crippen LogP contribution in [0.25, 0.3) is 5.52 Å². The van der Waals surface area contributed by atoms with Crippen molar-refractivity contribution in [3.05, 3.63) is 158 Å². The number of carbonyl (C=O) groups excluding carboxylic acids is 1. The van der Waals surface area contributed by atoms with Crippen molar-refractivity contribution in [2.75, 3.05) is 19.6 Å². The lowest BCUT2D eigenvalue weighted by atomic mass is 9.83. The van der Waals surface area contributed by atoms with E-state index in [1.54, 1.807) is 4.40 Å². The molecule has 1 fully saturated rings. The highest BCUT2D eigenvalue weighted by Crippen LogP contribution is 2.33. The highest BCUT2D eigenvalue weighted by molar-refractivity contribution is 5.98. The Morgan fingerprint density at radius 2 is 1.33 bits per heavy atom. The summed E-state index contributed by atoms with van der Waals surface area (Å²) >= 11 is 0. The summed E-state index contributed by atoms with van der Waals surface area (Å²) in [6.45, 7) is 8.86. The first-order valence-electron chi connectivity index (χ1n) is 15.5. The van der Waals surface area contributed by atoms with Gasteiger partial charge in [-0.3, -0.25) is 14.0 Å². The first-order valence-corrected chi connectivity index (χ1v) is 15.5. The monoisotopic (exact) mass is 568 g/mol. The Bertz CT molecular complexity index is 1730. The van der Waals surface area contributed by atoms with Crippen LogP contribution in [0.1, 0.15) is 68.1 Å². The number of piperidine rings is 1. The summed E-state index contributed by atoms with van der Waals surface area (Å²) in [6, 6.07) is 33.8. The molecule has 4 nitrogen and oxygen atoms in total. The third-order valence-electron chi connectivity index (χ3n) is 9.20. The molecule has 0 atom stereocenters. The third kappa shape index (κ3) is 6.25. The minimum atomic E-state index is 0.0418. The average molecular weight is 569 g/mol. The number of aryl methyl sites for hydroxylation is 3. The summed E-state index contributed by atoms with van der Waals surface area (Å²) in [6.07, 6.45) is 4.28.